The summed E-state index contributed by atoms with van der Waals surface area (Å²) >= 11 is 0. The molecule has 3 nitrogen and oxygen atoms in total. The van der Waals surface area contributed by atoms with Gasteiger partial charge in [-0.1, -0.05) is 18.1 Å². The topological polar surface area (TPSA) is 39.9 Å². The van der Waals surface area contributed by atoms with Crippen LogP contribution in [0.4, 0.5) is 14.5 Å². The van der Waals surface area contributed by atoms with Gasteiger partial charge in [0.25, 0.3) is 0 Å². The molecule has 2 heterocycles. The average molecular weight is 309 g/mol. The van der Waals surface area contributed by atoms with Gasteiger partial charge in [-0.2, -0.15) is 5.26 Å². The van der Waals surface area contributed by atoms with Crippen molar-refractivity contribution in [2.75, 3.05) is 18.0 Å². The minimum absolute atomic E-state index is 0.00493. The summed E-state index contributed by atoms with van der Waals surface area (Å²) in [6.07, 6.45) is 1.80. The van der Waals surface area contributed by atoms with Gasteiger partial charge < -0.3 is 4.90 Å². The molecule has 5 heteroatoms. The van der Waals surface area contributed by atoms with Crippen LogP contribution >= 0.6 is 0 Å². The molecule has 1 aromatic carbocycles. The van der Waals surface area contributed by atoms with Crippen molar-refractivity contribution in [1.29, 1.82) is 5.26 Å². The molecule has 1 saturated heterocycles. The van der Waals surface area contributed by atoms with Crippen LogP contribution in [0.15, 0.2) is 42.6 Å². The summed E-state index contributed by atoms with van der Waals surface area (Å²) in [4.78, 5) is 5.70. The van der Waals surface area contributed by atoms with Crippen LogP contribution in [0.25, 0.3) is 0 Å². The Morgan fingerprint density at radius 1 is 1.22 bits per heavy atom. The molecule has 0 radical (unpaired) electrons. The number of aromatic nitrogens is 1. The van der Waals surface area contributed by atoms with E-state index in [2.05, 4.69) is 16.8 Å². The second-order valence-corrected chi connectivity index (χ2v) is 5.35. The molecular formula is C18H13F2N3. The predicted molar refractivity (Wildman–Crippen MR) is 82.9 cm³/mol. The summed E-state index contributed by atoms with van der Waals surface area (Å²) in [5, 5.41) is 9.10. The van der Waals surface area contributed by atoms with E-state index >= 15 is 0 Å². The number of halogens is 2. The van der Waals surface area contributed by atoms with Gasteiger partial charge in [-0.15, -0.1) is 0 Å². The van der Waals surface area contributed by atoms with Crippen LogP contribution in [-0.4, -0.2) is 23.7 Å². The standard InChI is InChI=1S/C18H13F2N3/c19-16-5-3-6-17(15(16)12-21)23-11-9-18(20,13-23)8-7-14-4-1-2-10-22-14/h1-6,10H,9,11,13H2. The van der Waals surface area contributed by atoms with Crippen LogP contribution in [0.5, 0.6) is 0 Å². The lowest BCUT2D eigenvalue weighted by Gasteiger charge is -2.20. The minimum atomic E-state index is -1.70. The molecule has 0 N–H and O–H groups in total. The second kappa shape index (κ2) is 6.06. The first-order chi connectivity index (χ1) is 11.1. The number of nitriles is 1. The van der Waals surface area contributed by atoms with Gasteiger partial charge in [0.2, 0.25) is 0 Å². The van der Waals surface area contributed by atoms with E-state index in [-0.39, 0.29) is 18.5 Å². The first-order valence-electron chi connectivity index (χ1n) is 7.18. The van der Waals surface area contributed by atoms with Crippen LogP contribution in [0.1, 0.15) is 17.7 Å². The Balaban J connectivity index is 1.83. The summed E-state index contributed by atoms with van der Waals surface area (Å²) in [6, 6.07) is 11.5. The van der Waals surface area contributed by atoms with Crippen molar-refractivity contribution in [2.24, 2.45) is 0 Å². The van der Waals surface area contributed by atoms with E-state index < -0.39 is 11.5 Å². The molecule has 0 amide bonds. The van der Waals surface area contributed by atoms with Crippen LogP contribution in [0, 0.1) is 29.0 Å². The Morgan fingerprint density at radius 2 is 2.09 bits per heavy atom. The molecule has 0 saturated carbocycles. The number of pyridine rings is 1. The van der Waals surface area contributed by atoms with E-state index in [9.17, 15) is 8.78 Å². The molecule has 3 rings (SSSR count). The van der Waals surface area contributed by atoms with Crippen LogP contribution in [0.3, 0.4) is 0 Å². The molecule has 1 atom stereocenters. The van der Waals surface area contributed by atoms with Crippen LogP contribution < -0.4 is 4.90 Å². The highest BCUT2D eigenvalue weighted by Crippen LogP contribution is 2.32. The van der Waals surface area contributed by atoms with Crippen molar-refractivity contribution in [3.63, 3.8) is 0 Å². The highest BCUT2D eigenvalue weighted by Gasteiger charge is 2.37. The highest BCUT2D eigenvalue weighted by atomic mass is 19.1. The van der Waals surface area contributed by atoms with E-state index in [0.29, 0.717) is 17.9 Å². The third-order valence-corrected chi connectivity index (χ3v) is 3.74. The van der Waals surface area contributed by atoms with Crippen molar-refractivity contribution in [2.45, 2.75) is 12.1 Å². The molecule has 23 heavy (non-hydrogen) atoms. The number of hydrogen-bond donors (Lipinski definition) is 0. The van der Waals surface area contributed by atoms with E-state index in [1.54, 1.807) is 35.4 Å². The first kappa shape index (κ1) is 15.0. The Labute approximate surface area is 133 Å². The number of alkyl halides is 1. The van der Waals surface area contributed by atoms with Crippen molar-refractivity contribution in [3.8, 4) is 17.9 Å². The summed E-state index contributed by atoms with van der Waals surface area (Å²) < 4.78 is 28.5. The van der Waals surface area contributed by atoms with E-state index in [1.165, 1.54) is 12.1 Å². The molecule has 0 bridgehead atoms. The Kier molecular flexibility index (Phi) is 3.95. The largest absolute Gasteiger partial charge is 0.366 e. The number of rotatable bonds is 1. The van der Waals surface area contributed by atoms with Crippen molar-refractivity contribution in [1.82, 2.24) is 4.98 Å². The van der Waals surface area contributed by atoms with Crippen LogP contribution in [-0.2, 0) is 0 Å². The maximum Gasteiger partial charge on any atom is 0.190 e. The van der Waals surface area contributed by atoms with Crippen molar-refractivity contribution >= 4 is 5.69 Å². The normalized spacial score (nSPS) is 19.8. The highest BCUT2D eigenvalue weighted by molar-refractivity contribution is 5.61. The average Bonchev–Trinajstić information content (AvgIpc) is 2.96. The Hall–Kier alpha value is -2.92. The van der Waals surface area contributed by atoms with Crippen molar-refractivity contribution < 1.29 is 8.78 Å². The summed E-state index contributed by atoms with van der Waals surface area (Å²) in [5.41, 5.74) is -0.844. The molecule has 1 aliphatic heterocycles. The van der Waals surface area contributed by atoms with Gasteiger partial charge in [-0.25, -0.2) is 13.8 Å². The molecule has 1 aromatic heterocycles. The first-order valence-corrected chi connectivity index (χ1v) is 7.18. The van der Waals surface area contributed by atoms with Gasteiger partial charge in [0.15, 0.2) is 5.67 Å². The third-order valence-electron chi connectivity index (χ3n) is 3.74. The summed E-state index contributed by atoms with van der Waals surface area (Å²) in [6.45, 7) is 0.385. The van der Waals surface area contributed by atoms with E-state index in [0.717, 1.165) is 0 Å². The zero-order chi connectivity index (χ0) is 16.3. The lowest BCUT2D eigenvalue weighted by molar-refractivity contribution is 0.274. The fourth-order valence-corrected chi connectivity index (χ4v) is 2.58. The molecule has 0 aliphatic carbocycles. The van der Waals surface area contributed by atoms with E-state index in [1.807, 2.05) is 6.07 Å². The maximum atomic E-state index is 14.9. The number of anilines is 1. The summed E-state index contributed by atoms with van der Waals surface area (Å²) in [5.74, 6) is 4.77. The lowest BCUT2D eigenvalue weighted by Crippen LogP contribution is -2.28. The van der Waals surface area contributed by atoms with Gasteiger partial charge in [0, 0.05) is 19.2 Å². The molecular weight excluding hydrogens is 296 g/mol. The lowest BCUT2D eigenvalue weighted by atomic mass is 10.1. The molecule has 1 unspecified atom stereocenters. The Morgan fingerprint density at radius 3 is 2.83 bits per heavy atom. The fourth-order valence-electron chi connectivity index (χ4n) is 2.58. The smallest absolute Gasteiger partial charge is 0.190 e. The minimum Gasteiger partial charge on any atom is -0.366 e. The third kappa shape index (κ3) is 3.14. The number of hydrogen-bond acceptors (Lipinski definition) is 3. The monoisotopic (exact) mass is 309 g/mol. The number of nitrogens with zero attached hydrogens (tertiary/aromatic N) is 3. The quantitative estimate of drug-likeness (QED) is 0.760. The molecule has 0 spiro atoms. The van der Waals surface area contributed by atoms with Crippen LogP contribution in [0.2, 0.25) is 0 Å². The molecule has 1 aliphatic rings. The zero-order valence-corrected chi connectivity index (χ0v) is 12.3. The van der Waals surface area contributed by atoms with Gasteiger partial charge >= 0.3 is 0 Å². The van der Waals surface area contributed by atoms with Gasteiger partial charge in [0.05, 0.1) is 12.2 Å². The number of benzene rings is 1. The van der Waals surface area contributed by atoms with E-state index in [4.69, 9.17) is 5.26 Å². The maximum absolute atomic E-state index is 14.9. The summed E-state index contributed by atoms with van der Waals surface area (Å²) in [7, 11) is 0. The van der Waals surface area contributed by atoms with Gasteiger partial charge in [0.1, 0.15) is 23.1 Å². The van der Waals surface area contributed by atoms with Gasteiger partial charge in [-0.3, -0.25) is 0 Å². The van der Waals surface area contributed by atoms with Gasteiger partial charge in [-0.05, 0) is 30.2 Å². The fraction of sp³-hybridized carbons (Fsp3) is 0.222. The molecule has 114 valence electrons. The van der Waals surface area contributed by atoms with Crippen molar-refractivity contribution in [3.05, 3.63) is 59.7 Å². The predicted octanol–water partition coefficient (Wildman–Crippen LogP) is 3.06. The Bertz CT molecular complexity index is 818. The molecule has 1 fully saturated rings. The zero-order valence-electron chi connectivity index (χ0n) is 12.3. The second-order valence-electron chi connectivity index (χ2n) is 5.35. The SMILES string of the molecule is N#Cc1c(F)cccc1N1CCC(F)(C#Cc2ccccn2)C1. The molecule has 2 aromatic rings.